The van der Waals surface area contributed by atoms with E-state index in [1.54, 1.807) is 0 Å². The Balaban J connectivity index is 0. The summed E-state index contributed by atoms with van der Waals surface area (Å²) in [7, 11) is -10.3. The Bertz CT molecular complexity index is 437. The molecule has 0 radical (unpaired) electrons. The second-order valence-corrected chi connectivity index (χ2v) is 6.34. The predicted molar refractivity (Wildman–Crippen MR) is 53.4 cm³/mol. The van der Waals surface area contributed by atoms with E-state index in [-0.39, 0.29) is 59.1 Å². The minimum absolute atomic E-state index is 0. The van der Waals surface area contributed by atoms with E-state index >= 15 is 0 Å². The zero-order valence-corrected chi connectivity index (χ0v) is 17.4. The molecule has 22 heavy (non-hydrogen) atoms. The van der Waals surface area contributed by atoms with Crippen LogP contribution < -0.4 is 68.9 Å². The van der Waals surface area contributed by atoms with Gasteiger partial charge in [-0.25, -0.2) is 4.57 Å². The molecule has 0 amide bonds. The molecule has 1 saturated heterocycles. The third-order valence-electron chi connectivity index (χ3n) is 2.36. The second kappa shape index (κ2) is 9.67. The van der Waals surface area contributed by atoms with Crippen LogP contribution in [0.15, 0.2) is 0 Å². The summed E-state index contributed by atoms with van der Waals surface area (Å²) in [4.78, 5) is 37.4. The molecule has 12 nitrogen and oxygen atoms in total. The van der Waals surface area contributed by atoms with E-state index in [0.717, 1.165) is 0 Å². The van der Waals surface area contributed by atoms with Crippen molar-refractivity contribution in [3.8, 4) is 0 Å². The number of hydrogen-bond acceptors (Lipinski definition) is 10. The number of phosphoric ester groups is 2. The summed E-state index contributed by atoms with van der Waals surface area (Å²) in [6.07, 6.45) is -5.56. The normalized spacial score (nSPS) is 32.2. The first kappa shape index (κ1) is 26.3. The molecule has 0 saturated carbocycles. The Morgan fingerprint density at radius 1 is 1.14 bits per heavy atom. The SMILES string of the molecule is O=P([O-])([O-])OCC1OC(O)(COP(=O)(O)O)C(O)C1O.[Na+].[Na+]. The van der Waals surface area contributed by atoms with Gasteiger partial charge in [-0.3, -0.25) is 4.52 Å². The average Bonchev–Trinajstić information content (AvgIpc) is 2.48. The number of aliphatic hydroxyl groups is 3. The van der Waals surface area contributed by atoms with Gasteiger partial charge in [0, 0.05) is 0 Å². The van der Waals surface area contributed by atoms with Crippen molar-refractivity contribution < 1.29 is 117 Å². The molecule has 4 atom stereocenters. The fourth-order valence-electron chi connectivity index (χ4n) is 1.47. The first-order valence-electron chi connectivity index (χ1n) is 4.97. The van der Waals surface area contributed by atoms with Crippen molar-refractivity contribution in [1.29, 1.82) is 0 Å². The number of hydrogen-bond donors (Lipinski definition) is 5. The summed E-state index contributed by atoms with van der Waals surface area (Å²) in [6.45, 7) is -2.21. The molecular weight excluding hydrogens is 372 g/mol. The molecular formula is C6H12Na2O12P2. The molecule has 0 aromatic carbocycles. The number of phosphoric acid groups is 2. The van der Waals surface area contributed by atoms with E-state index in [1.807, 2.05) is 0 Å². The van der Waals surface area contributed by atoms with Crippen molar-refractivity contribution in [2.75, 3.05) is 13.2 Å². The Hall–Kier alpha value is 2.06. The standard InChI is InChI=1S/C6H14O12P2.2Na/c7-4-3(1-16-19(10,11)12)18-6(9,5(4)8)2-17-20(13,14)15;;/h3-5,7-9H,1-2H2,(H2,10,11,12)(H2,13,14,15);;/q;2*+1/p-2. The summed E-state index contributed by atoms with van der Waals surface area (Å²) in [5, 5.41) is 28.6. The summed E-state index contributed by atoms with van der Waals surface area (Å²) in [5.41, 5.74) is 0. The number of aliphatic hydroxyl groups excluding tert-OH is 2. The maximum absolute atomic E-state index is 10.5. The topological polar surface area (TPSA) is 209 Å². The van der Waals surface area contributed by atoms with Crippen LogP contribution in [0.25, 0.3) is 0 Å². The van der Waals surface area contributed by atoms with Crippen LogP contribution in [0.2, 0.25) is 0 Å². The minimum atomic E-state index is -5.36. The smallest absolute Gasteiger partial charge is 0.790 e. The van der Waals surface area contributed by atoms with Gasteiger partial charge in [-0.2, -0.15) is 0 Å². The van der Waals surface area contributed by atoms with Gasteiger partial charge in [0.25, 0.3) is 0 Å². The first-order chi connectivity index (χ1) is 8.84. The van der Waals surface area contributed by atoms with Crippen molar-refractivity contribution in [1.82, 2.24) is 0 Å². The fraction of sp³-hybridized carbons (Fsp3) is 1.00. The van der Waals surface area contributed by atoms with Gasteiger partial charge in [-0.1, -0.05) is 0 Å². The fourth-order valence-corrected chi connectivity index (χ4v) is 2.15. The maximum Gasteiger partial charge on any atom is 1.00 e. The summed E-state index contributed by atoms with van der Waals surface area (Å²) in [5.74, 6) is -2.70. The Morgan fingerprint density at radius 3 is 2.05 bits per heavy atom. The molecule has 0 bridgehead atoms. The predicted octanol–water partition coefficient (Wildman–Crippen LogP) is -10.2. The summed E-state index contributed by atoms with van der Waals surface area (Å²) in [6, 6.07) is 0. The molecule has 5 N–H and O–H groups in total. The molecule has 1 fully saturated rings. The van der Waals surface area contributed by atoms with E-state index in [9.17, 15) is 34.2 Å². The maximum atomic E-state index is 10.5. The van der Waals surface area contributed by atoms with Gasteiger partial charge in [0.2, 0.25) is 5.79 Å². The van der Waals surface area contributed by atoms with Crippen LogP contribution in [0.5, 0.6) is 0 Å². The minimum Gasteiger partial charge on any atom is -0.790 e. The van der Waals surface area contributed by atoms with E-state index in [4.69, 9.17) is 9.79 Å². The third-order valence-corrected chi connectivity index (χ3v) is 3.29. The van der Waals surface area contributed by atoms with Crippen molar-refractivity contribution in [3.63, 3.8) is 0 Å². The van der Waals surface area contributed by atoms with Crippen LogP contribution in [0.3, 0.4) is 0 Å². The third kappa shape index (κ3) is 8.43. The molecule has 0 aliphatic carbocycles. The molecule has 1 aliphatic heterocycles. The van der Waals surface area contributed by atoms with Gasteiger partial charge in [-0.15, -0.1) is 0 Å². The molecule has 0 aromatic rings. The monoisotopic (exact) mass is 384 g/mol. The number of rotatable bonds is 6. The van der Waals surface area contributed by atoms with E-state index in [0.29, 0.717) is 0 Å². The largest absolute Gasteiger partial charge is 1.00 e. The van der Waals surface area contributed by atoms with Crippen molar-refractivity contribution >= 4 is 15.6 Å². The molecule has 1 aliphatic rings. The van der Waals surface area contributed by atoms with Crippen LogP contribution in [-0.2, 0) is 22.9 Å². The molecule has 1 rings (SSSR count). The van der Waals surface area contributed by atoms with Gasteiger partial charge < -0.3 is 48.7 Å². The van der Waals surface area contributed by atoms with Crippen LogP contribution in [0.1, 0.15) is 0 Å². The van der Waals surface area contributed by atoms with Gasteiger partial charge >= 0.3 is 66.9 Å². The Labute approximate surface area is 168 Å². The van der Waals surface area contributed by atoms with Crippen LogP contribution in [0, 0.1) is 0 Å². The van der Waals surface area contributed by atoms with Gasteiger partial charge in [0.05, 0.1) is 14.4 Å². The van der Waals surface area contributed by atoms with Crippen molar-refractivity contribution in [3.05, 3.63) is 0 Å². The van der Waals surface area contributed by atoms with Gasteiger partial charge in [-0.05, 0) is 0 Å². The quantitative estimate of drug-likeness (QED) is 0.214. The summed E-state index contributed by atoms with van der Waals surface area (Å²) < 4.78 is 33.1. The Morgan fingerprint density at radius 2 is 1.64 bits per heavy atom. The zero-order valence-electron chi connectivity index (χ0n) is 11.6. The second-order valence-electron chi connectivity index (χ2n) is 3.94. The first-order valence-corrected chi connectivity index (χ1v) is 7.96. The molecule has 120 valence electrons. The van der Waals surface area contributed by atoms with Crippen LogP contribution in [-0.4, -0.2) is 62.4 Å². The molecule has 4 unspecified atom stereocenters. The molecule has 16 heteroatoms. The number of ether oxygens (including phenoxy) is 1. The van der Waals surface area contributed by atoms with Crippen LogP contribution >= 0.6 is 15.6 Å². The molecule has 1 heterocycles. The zero-order chi connectivity index (χ0) is 15.8. The summed E-state index contributed by atoms with van der Waals surface area (Å²) >= 11 is 0. The van der Waals surface area contributed by atoms with Crippen molar-refractivity contribution in [2.24, 2.45) is 0 Å². The van der Waals surface area contributed by atoms with Crippen LogP contribution in [0.4, 0.5) is 0 Å². The van der Waals surface area contributed by atoms with Gasteiger partial charge in [0.15, 0.2) is 0 Å². The van der Waals surface area contributed by atoms with Crippen molar-refractivity contribution in [2.45, 2.75) is 24.1 Å². The van der Waals surface area contributed by atoms with E-state index in [2.05, 4.69) is 13.8 Å². The Kier molecular flexibility index (Phi) is 11.6. The molecule has 0 spiro atoms. The van der Waals surface area contributed by atoms with Gasteiger partial charge in [0.1, 0.15) is 24.9 Å². The van der Waals surface area contributed by atoms with E-state index < -0.39 is 53.0 Å². The average molecular weight is 384 g/mol. The molecule has 0 aromatic heterocycles. The van der Waals surface area contributed by atoms with E-state index in [1.165, 1.54) is 0 Å².